The fourth-order valence-electron chi connectivity index (χ4n) is 1.82. The van der Waals surface area contributed by atoms with Crippen LogP contribution in [0.3, 0.4) is 0 Å². The number of rotatable bonds is 8. The molecule has 0 atom stereocenters. The van der Waals surface area contributed by atoms with Gasteiger partial charge in [-0.05, 0) is 41.8 Å². The molecule has 0 bridgehead atoms. The first kappa shape index (κ1) is 17.5. The molecular formula is C14H22BrN3O3S. The third kappa shape index (κ3) is 4.33. The lowest BCUT2D eigenvalue weighted by atomic mass is 10.4. The lowest BCUT2D eigenvalue weighted by Crippen LogP contribution is -2.29. The van der Waals surface area contributed by atoms with Crippen molar-refractivity contribution >= 4 is 31.6 Å². The quantitative estimate of drug-likeness (QED) is 0.665. The summed E-state index contributed by atoms with van der Waals surface area (Å²) >= 11 is 3.31. The SMILES string of the molecule is CC(C)NCCOc1ncc(Br)cc1NS(=O)(=O)C1(C)CC1. The summed E-state index contributed by atoms with van der Waals surface area (Å²) in [4.78, 5) is 4.16. The van der Waals surface area contributed by atoms with Crippen molar-refractivity contribution in [2.75, 3.05) is 17.9 Å². The molecule has 1 heterocycles. The topological polar surface area (TPSA) is 80.3 Å². The zero-order valence-corrected chi connectivity index (χ0v) is 15.4. The number of pyridine rings is 1. The summed E-state index contributed by atoms with van der Waals surface area (Å²) in [7, 11) is -3.43. The highest BCUT2D eigenvalue weighted by Crippen LogP contribution is 2.44. The van der Waals surface area contributed by atoms with E-state index in [1.165, 1.54) is 0 Å². The van der Waals surface area contributed by atoms with Crippen LogP contribution in [0, 0.1) is 0 Å². The van der Waals surface area contributed by atoms with Crippen molar-refractivity contribution < 1.29 is 13.2 Å². The van der Waals surface area contributed by atoms with Crippen LogP contribution in [0.2, 0.25) is 0 Å². The van der Waals surface area contributed by atoms with Crippen LogP contribution in [0.4, 0.5) is 5.69 Å². The van der Waals surface area contributed by atoms with E-state index in [1.54, 1.807) is 19.2 Å². The van der Waals surface area contributed by atoms with Gasteiger partial charge in [-0.3, -0.25) is 4.72 Å². The molecule has 6 nitrogen and oxygen atoms in total. The lowest BCUT2D eigenvalue weighted by Gasteiger charge is -2.16. The molecule has 0 unspecified atom stereocenters. The van der Waals surface area contributed by atoms with Crippen molar-refractivity contribution in [3.63, 3.8) is 0 Å². The highest BCUT2D eigenvalue weighted by Gasteiger charge is 2.50. The lowest BCUT2D eigenvalue weighted by molar-refractivity contribution is 0.299. The number of nitrogens with zero attached hydrogens (tertiary/aromatic N) is 1. The highest BCUT2D eigenvalue weighted by molar-refractivity contribution is 9.10. The van der Waals surface area contributed by atoms with Crippen molar-refractivity contribution in [1.29, 1.82) is 0 Å². The summed E-state index contributed by atoms with van der Waals surface area (Å²) in [6, 6.07) is 2.04. The van der Waals surface area contributed by atoms with E-state index in [1.807, 2.05) is 13.8 Å². The van der Waals surface area contributed by atoms with E-state index in [-0.39, 0.29) is 0 Å². The van der Waals surface area contributed by atoms with Gasteiger partial charge in [0.2, 0.25) is 15.9 Å². The number of nitrogens with one attached hydrogen (secondary N) is 2. The van der Waals surface area contributed by atoms with E-state index in [2.05, 4.69) is 31.0 Å². The molecule has 1 saturated carbocycles. The maximum absolute atomic E-state index is 12.3. The Hall–Kier alpha value is -0.860. The summed E-state index contributed by atoms with van der Waals surface area (Å²) in [5, 5.41) is 3.23. The van der Waals surface area contributed by atoms with Gasteiger partial charge in [-0.25, -0.2) is 13.4 Å². The standard InChI is InChI=1S/C14H22BrN3O3S/c1-10(2)16-6-7-21-13-12(8-11(15)9-17-13)18-22(19,20)14(3)4-5-14/h8-10,16,18H,4-7H2,1-3H3. The van der Waals surface area contributed by atoms with Crippen LogP contribution in [0.15, 0.2) is 16.7 Å². The average molecular weight is 392 g/mol. The molecule has 8 heteroatoms. The molecule has 0 spiro atoms. The first-order chi connectivity index (χ1) is 10.2. The van der Waals surface area contributed by atoms with Gasteiger partial charge in [0.1, 0.15) is 12.3 Å². The first-order valence-electron chi connectivity index (χ1n) is 7.28. The Morgan fingerprint density at radius 3 is 2.73 bits per heavy atom. The van der Waals surface area contributed by atoms with Crippen LogP contribution in [0.25, 0.3) is 0 Å². The summed E-state index contributed by atoms with van der Waals surface area (Å²) in [5.74, 6) is 0.293. The fraction of sp³-hybridized carbons (Fsp3) is 0.643. The summed E-state index contributed by atoms with van der Waals surface area (Å²) in [5.41, 5.74) is 0.368. The molecule has 124 valence electrons. The Kier molecular flexibility index (Phi) is 5.34. The van der Waals surface area contributed by atoms with Gasteiger partial charge < -0.3 is 10.1 Å². The maximum Gasteiger partial charge on any atom is 0.238 e. The third-order valence-corrected chi connectivity index (χ3v) is 6.19. The molecule has 0 aromatic carbocycles. The molecule has 22 heavy (non-hydrogen) atoms. The number of hydrogen-bond acceptors (Lipinski definition) is 5. The van der Waals surface area contributed by atoms with Crippen molar-refractivity contribution in [3.8, 4) is 5.88 Å². The molecule has 1 aromatic rings. The first-order valence-corrected chi connectivity index (χ1v) is 9.55. The zero-order chi connectivity index (χ0) is 16.4. The minimum Gasteiger partial charge on any atom is -0.475 e. The number of sulfonamides is 1. The third-order valence-electron chi connectivity index (χ3n) is 3.56. The van der Waals surface area contributed by atoms with Gasteiger partial charge in [0, 0.05) is 23.3 Å². The van der Waals surface area contributed by atoms with E-state index >= 15 is 0 Å². The van der Waals surface area contributed by atoms with Crippen LogP contribution in [-0.4, -0.2) is 37.3 Å². The Balaban J connectivity index is 2.08. The number of halogens is 1. The van der Waals surface area contributed by atoms with Crippen molar-refractivity contribution in [1.82, 2.24) is 10.3 Å². The average Bonchev–Trinajstić information content (AvgIpc) is 3.16. The van der Waals surface area contributed by atoms with Crippen molar-refractivity contribution in [3.05, 3.63) is 16.7 Å². The molecule has 0 aliphatic heterocycles. The zero-order valence-electron chi connectivity index (χ0n) is 13.0. The van der Waals surface area contributed by atoms with E-state index < -0.39 is 14.8 Å². The Labute approximate surface area is 140 Å². The molecule has 0 radical (unpaired) electrons. The number of aromatic nitrogens is 1. The highest BCUT2D eigenvalue weighted by atomic mass is 79.9. The second-order valence-electron chi connectivity index (χ2n) is 6.02. The van der Waals surface area contributed by atoms with Crippen molar-refractivity contribution in [2.24, 2.45) is 0 Å². The maximum atomic E-state index is 12.3. The minimum atomic E-state index is -3.43. The predicted molar refractivity (Wildman–Crippen MR) is 90.8 cm³/mol. The van der Waals surface area contributed by atoms with Gasteiger partial charge in [-0.15, -0.1) is 0 Å². The van der Waals surface area contributed by atoms with Gasteiger partial charge in [0.05, 0.1) is 4.75 Å². The normalized spacial score (nSPS) is 16.6. The Morgan fingerprint density at radius 2 is 2.14 bits per heavy atom. The Morgan fingerprint density at radius 1 is 1.45 bits per heavy atom. The minimum absolute atomic E-state index is 0.293. The molecule has 1 aliphatic carbocycles. The molecule has 1 aromatic heterocycles. The van der Waals surface area contributed by atoms with Crippen LogP contribution < -0.4 is 14.8 Å². The molecule has 0 saturated heterocycles. The van der Waals surface area contributed by atoms with E-state index in [4.69, 9.17) is 4.74 Å². The molecule has 1 fully saturated rings. The second kappa shape index (κ2) is 6.72. The van der Waals surface area contributed by atoms with Gasteiger partial charge in [-0.2, -0.15) is 0 Å². The summed E-state index contributed by atoms with van der Waals surface area (Å²) in [6.07, 6.45) is 2.94. The van der Waals surface area contributed by atoms with Gasteiger partial charge >= 0.3 is 0 Å². The Bertz CT molecular complexity index is 630. The van der Waals surface area contributed by atoms with Gasteiger partial charge in [0.15, 0.2) is 0 Å². The van der Waals surface area contributed by atoms with E-state index in [0.29, 0.717) is 48.1 Å². The number of hydrogen-bond donors (Lipinski definition) is 2. The molecule has 2 N–H and O–H groups in total. The van der Waals surface area contributed by atoms with Crippen LogP contribution in [0.5, 0.6) is 5.88 Å². The van der Waals surface area contributed by atoms with Crippen LogP contribution >= 0.6 is 15.9 Å². The van der Waals surface area contributed by atoms with Crippen LogP contribution in [0.1, 0.15) is 33.6 Å². The second-order valence-corrected chi connectivity index (χ2v) is 9.13. The fourth-order valence-corrected chi connectivity index (χ4v) is 3.48. The summed E-state index contributed by atoms with van der Waals surface area (Å²) in [6.45, 7) is 6.92. The molecular weight excluding hydrogens is 370 g/mol. The number of anilines is 1. The van der Waals surface area contributed by atoms with E-state index in [9.17, 15) is 8.42 Å². The predicted octanol–water partition coefficient (Wildman–Crippen LogP) is 2.52. The molecule has 2 rings (SSSR count). The summed E-state index contributed by atoms with van der Waals surface area (Å²) < 4.78 is 32.9. The van der Waals surface area contributed by atoms with Crippen LogP contribution in [-0.2, 0) is 10.0 Å². The van der Waals surface area contributed by atoms with Gasteiger partial charge in [0.25, 0.3) is 0 Å². The monoisotopic (exact) mass is 391 g/mol. The molecule has 1 aliphatic rings. The smallest absolute Gasteiger partial charge is 0.238 e. The van der Waals surface area contributed by atoms with Crippen molar-refractivity contribution in [2.45, 2.75) is 44.4 Å². The molecule has 0 amide bonds. The largest absolute Gasteiger partial charge is 0.475 e. The van der Waals surface area contributed by atoms with Gasteiger partial charge in [-0.1, -0.05) is 13.8 Å². The van der Waals surface area contributed by atoms with E-state index in [0.717, 1.165) is 0 Å². The number of ether oxygens (including phenoxy) is 1.